The number of aromatic nitrogens is 2. The van der Waals surface area contributed by atoms with Gasteiger partial charge in [0.05, 0.1) is 5.52 Å². The number of hydrogen-bond donors (Lipinski definition) is 2. The number of fused-ring (bicyclic) bond motifs is 1. The van der Waals surface area contributed by atoms with Crippen molar-refractivity contribution in [1.82, 2.24) is 15.3 Å². The lowest BCUT2D eigenvalue weighted by atomic mass is 9.92. The molecular weight excluding hydrogens is 254 g/mol. The highest BCUT2D eigenvalue weighted by molar-refractivity contribution is 5.73. The summed E-state index contributed by atoms with van der Waals surface area (Å²) in [4.78, 5) is 18.0. The van der Waals surface area contributed by atoms with Gasteiger partial charge in [-0.25, -0.2) is 4.79 Å². The average Bonchev–Trinajstić information content (AvgIpc) is 2.84. The molecule has 1 atom stereocenters. The Kier molecular flexibility index (Phi) is 3.35. The summed E-state index contributed by atoms with van der Waals surface area (Å²) in [6.07, 6.45) is 3.58. The van der Waals surface area contributed by atoms with Crippen LogP contribution in [0.25, 0.3) is 11.1 Å². The van der Waals surface area contributed by atoms with Crippen molar-refractivity contribution in [3.8, 4) is 0 Å². The number of benzene rings is 1. The van der Waals surface area contributed by atoms with Crippen molar-refractivity contribution in [2.75, 3.05) is 13.6 Å². The molecule has 0 saturated carbocycles. The fourth-order valence-electron chi connectivity index (χ4n) is 2.41. The van der Waals surface area contributed by atoms with Gasteiger partial charge in [-0.2, -0.15) is 0 Å². The van der Waals surface area contributed by atoms with E-state index in [2.05, 4.69) is 15.3 Å². The Morgan fingerprint density at radius 2 is 2.05 bits per heavy atom. The number of H-pyrrole nitrogens is 1. The van der Waals surface area contributed by atoms with Gasteiger partial charge in [0.25, 0.3) is 0 Å². The van der Waals surface area contributed by atoms with Crippen molar-refractivity contribution in [3.05, 3.63) is 64.4 Å². The minimum atomic E-state index is -0.425. The number of oxazole rings is 1. The number of nitrogens with one attached hydrogen (secondary N) is 2. The quantitative estimate of drug-likeness (QED) is 0.758. The van der Waals surface area contributed by atoms with Gasteiger partial charge in [-0.05, 0) is 42.4 Å². The third-order valence-electron chi connectivity index (χ3n) is 3.36. The highest BCUT2D eigenvalue weighted by atomic mass is 16.4. The molecule has 1 unspecified atom stereocenters. The predicted molar refractivity (Wildman–Crippen MR) is 76.8 cm³/mol. The second-order valence-corrected chi connectivity index (χ2v) is 4.66. The Morgan fingerprint density at radius 1 is 1.25 bits per heavy atom. The van der Waals surface area contributed by atoms with Crippen LogP contribution in [0.15, 0.2) is 51.9 Å². The second kappa shape index (κ2) is 5.30. The van der Waals surface area contributed by atoms with Crippen LogP contribution in [0.2, 0.25) is 0 Å². The molecule has 5 heteroatoms. The summed E-state index contributed by atoms with van der Waals surface area (Å²) in [5, 5.41) is 3.20. The zero-order valence-corrected chi connectivity index (χ0v) is 11.1. The Morgan fingerprint density at radius 3 is 2.80 bits per heavy atom. The number of hydrogen-bond acceptors (Lipinski definition) is 4. The molecule has 0 amide bonds. The first-order valence-electron chi connectivity index (χ1n) is 6.45. The first-order chi connectivity index (χ1) is 9.78. The molecule has 0 aliphatic carbocycles. The Balaban J connectivity index is 2.07. The van der Waals surface area contributed by atoms with Gasteiger partial charge in [-0.3, -0.25) is 9.97 Å². The monoisotopic (exact) mass is 269 g/mol. The maximum Gasteiger partial charge on any atom is 0.417 e. The number of likely N-dealkylation sites (N-methyl/N-ethyl adjacent to an activating group) is 1. The molecule has 2 aromatic heterocycles. The van der Waals surface area contributed by atoms with Crippen molar-refractivity contribution in [2.24, 2.45) is 0 Å². The molecule has 0 aliphatic rings. The molecule has 2 heterocycles. The predicted octanol–water partition coefficient (Wildman–Crippen LogP) is 1.87. The molecule has 5 nitrogen and oxygen atoms in total. The van der Waals surface area contributed by atoms with Crippen LogP contribution in [0, 0.1) is 0 Å². The standard InChI is InChI=1S/C15H15N3O2/c1-16-9-12(10-4-6-17-7-5-10)11-2-3-14-13(8-11)18-15(19)20-14/h2-8,12,16H,9H2,1H3,(H,18,19). The van der Waals surface area contributed by atoms with E-state index in [1.165, 1.54) is 5.56 Å². The van der Waals surface area contributed by atoms with Crippen LogP contribution in [0.4, 0.5) is 0 Å². The van der Waals surface area contributed by atoms with E-state index < -0.39 is 5.76 Å². The largest absolute Gasteiger partial charge is 0.417 e. The molecule has 0 fully saturated rings. The molecule has 20 heavy (non-hydrogen) atoms. The molecule has 3 aromatic rings. The Labute approximate surface area is 115 Å². The van der Waals surface area contributed by atoms with Gasteiger partial charge in [0, 0.05) is 24.9 Å². The highest BCUT2D eigenvalue weighted by Gasteiger charge is 2.14. The van der Waals surface area contributed by atoms with Crippen molar-refractivity contribution >= 4 is 11.1 Å². The van der Waals surface area contributed by atoms with E-state index in [1.807, 2.05) is 37.4 Å². The van der Waals surface area contributed by atoms with Gasteiger partial charge in [-0.15, -0.1) is 0 Å². The smallest absolute Gasteiger partial charge is 0.408 e. The summed E-state index contributed by atoms with van der Waals surface area (Å²) >= 11 is 0. The molecule has 3 rings (SSSR count). The minimum absolute atomic E-state index is 0.200. The van der Waals surface area contributed by atoms with Gasteiger partial charge >= 0.3 is 5.76 Å². The maximum atomic E-state index is 11.2. The molecular formula is C15H15N3O2. The number of nitrogens with zero attached hydrogens (tertiary/aromatic N) is 1. The molecule has 0 spiro atoms. The first-order valence-corrected chi connectivity index (χ1v) is 6.45. The van der Waals surface area contributed by atoms with Crippen molar-refractivity contribution in [1.29, 1.82) is 0 Å². The van der Waals surface area contributed by atoms with Crippen LogP contribution in [0.1, 0.15) is 17.0 Å². The molecule has 1 aromatic carbocycles. The fourth-order valence-corrected chi connectivity index (χ4v) is 2.41. The summed E-state index contributed by atoms with van der Waals surface area (Å²) in [7, 11) is 1.92. The number of rotatable bonds is 4. The van der Waals surface area contributed by atoms with E-state index in [4.69, 9.17) is 4.42 Å². The summed E-state index contributed by atoms with van der Waals surface area (Å²) in [6.45, 7) is 0.803. The lowest BCUT2D eigenvalue weighted by Crippen LogP contribution is -2.18. The fraction of sp³-hybridized carbons (Fsp3) is 0.200. The third kappa shape index (κ3) is 2.35. The van der Waals surface area contributed by atoms with Crippen LogP contribution in [0.5, 0.6) is 0 Å². The van der Waals surface area contributed by atoms with Crippen LogP contribution >= 0.6 is 0 Å². The van der Waals surface area contributed by atoms with E-state index in [0.717, 1.165) is 17.6 Å². The van der Waals surface area contributed by atoms with E-state index in [1.54, 1.807) is 12.4 Å². The zero-order valence-electron chi connectivity index (χ0n) is 11.1. The summed E-state index contributed by atoms with van der Waals surface area (Å²) in [5.41, 5.74) is 3.61. The number of pyridine rings is 1. The SMILES string of the molecule is CNCC(c1ccncc1)c1ccc2oc(=O)[nH]c2c1. The topological polar surface area (TPSA) is 70.9 Å². The third-order valence-corrected chi connectivity index (χ3v) is 3.36. The van der Waals surface area contributed by atoms with Gasteiger partial charge < -0.3 is 9.73 Å². The molecule has 0 aliphatic heterocycles. The highest BCUT2D eigenvalue weighted by Crippen LogP contribution is 2.25. The average molecular weight is 269 g/mol. The van der Waals surface area contributed by atoms with E-state index in [0.29, 0.717) is 5.58 Å². The number of aromatic amines is 1. The van der Waals surface area contributed by atoms with Gasteiger partial charge in [0.1, 0.15) is 0 Å². The second-order valence-electron chi connectivity index (χ2n) is 4.66. The van der Waals surface area contributed by atoms with Crippen molar-refractivity contribution in [3.63, 3.8) is 0 Å². The Hall–Kier alpha value is -2.40. The van der Waals surface area contributed by atoms with Crippen LogP contribution in [-0.4, -0.2) is 23.6 Å². The van der Waals surface area contributed by atoms with Crippen LogP contribution < -0.4 is 11.1 Å². The summed E-state index contributed by atoms with van der Waals surface area (Å²) in [5.74, 6) is -0.225. The molecule has 102 valence electrons. The first kappa shape index (κ1) is 12.6. The van der Waals surface area contributed by atoms with Crippen LogP contribution in [-0.2, 0) is 0 Å². The molecule has 2 N–H and O–H groups in total. The van der Waals surface area contributed by atoms with Gasteiger partial charge in [-0.1, -0.05) is 6.07 Å². The zero-order chi connectivity index (χ0) is 13.9. The van der Waals surface area contributed by atoms with E-state index in [9.17, 15) is 4.79 Å². The van der Waals surface area contributed by atoms with E-state index in [-0.39, 0.29) is 5.92 Å². The molecule has 0 saturated heterocycles. The summed E-state index contributed by atoms with van der Waals surface area (Å²) < 4.78 is 5.03. The molecule has 0 radical (unpaired) electrons. The Bertz CT molecular complexity index is 761. The lowest BCUT2D eigenvalue weighted by molar-refractivity contribution is 0.555. The van der Waals surface area contributed by atoms with Crippen LogP contribution in [0.3, 0.4) is 0 Å². The summed E-state index contributed by atoms with van der Waals surface area (Å²) in [6, 6.07) is 9.78. The van der Waals surface area contributed by atoms with E-state index >= 15 is 0 Å². The maximum absolute atomic E-state index is 11.2. The molecule has 0 bridgehead atoms. The van der Waals surface area contributed by atoms with Gasteiger partial charge in [0.15, 0.2) is 5.58 Å². The minimum Gasteiger partial charge on any atom is -0.408 e. The normalized spacial score (nSPS) is 12.7. The van der Waals surface area contributed by atoms with Gasteiger partial charge in [0.2, 0.25) is 0 Å². The van der Waals surface area contributed by atoms with Crippen molar-refractivity contribution < 1.29 is 4.42 Å². The van der Waals surface area contributed by atoms with Crippen molar-refractivity contribution in [2.45, 2.75) is 5.92 Å². The lowest BCUT2D eigenvalue weighted by Gasteiger charge is -2.17.